The molecule has 2 aliphatic rings. The summed E-state index contributed by atoms with van der Waals surface area (Å²) in [6.07, 6.45) is -1.18. The van der Waals surface area contributed by atoms with Gasteiger partial charge in [-0.1, -0.05) is 78.9 Å². The largest absolute Gasteiger partial charge is 0.445 e. The molecular formula is C40H41F3N6O4. The second kappa shape index (κ2) is 14.4. The van der Waals surface area contributed by atoms with Crippen LogP contribution in [0.4, 0.5) is 22.8 Å². The average molecular weight is 727 g/mol. The van der Waals surface area contributed by atoms with Crippen molar-refractivity contribution >= 4 is 12.2 Å². The summed E-state index contributed by atoms with van der Waals surface area (Å²) in [6.45, 7) is 6.41. The molecule has 276 valence electrons. The molecule has 3 aromatic carbocycles. The summed E-state index contributed by atoms with van der Waals surface area (Å²) in [5.74, 6) is 0.778. The third-order valence-electron chi connectivity index (χ3n) is 9.49. The first-order valence-electron chi connectivity index (χ1n) is 17.7. The number of nitrogens with zero attached hydrogens (tertiary/aromatic N) is 4. The molecule has 4 heterocycles. The standard InChI is InChI=1S/C40H41F3N6O4/c1-39(2,3)53-38(51)49-22-8-12-32(49)36-46-33(34(47-36)40(41,42)43)29-19-15-27(16-20-29)26-13-17-28(18-14-26)30-23-44-35(45-30)31-11-7-21-48(31)37(50)52-24-25-9-5-4-6-10-25/h4-6,9-10,13-20,23,31-32H,7-8,11-12,21-22,24H2,1-3H3,(H,44,45)(H,46,47)/t31-,32-/m0/s1. The first-order valence-corrected chi connectivity index (χ1v) is 17.7. The molecule has 13 heteroatoms. The SMILES string of the molecule is CC(C)(C)OC(=O)N1CCC[C@H]1c1nc(C(F)(F)F)c(-c2ccc(-c3ccc(-c4cnc([C@@H]5CCCN5C(=O)OCc5ccccc5)[nH]4)cc3)cc2)[nH]1. The highest BCUT2D eigenvalue weighted by Gasteiger charge is 2.41. The number of likely N-dealkylation sites (tertiary alicyclic amines) is 2. The first kappa shape index (κ1) is 35.8. The van der Waals surface area contributed by atoms with Crippen LogP contribution in [0.1, 0.15) is 81.4 Å². The molecule has 2 fully saturated rings. The fourth-order valence-electron chi connectivity index (χ4n) is 6.95. The van der Waals surface area contributed by atoms with E-state index < -0.39 is 29.6 Å². The third kappa shape index (κ3) is 7.93. The Balaban J connectivity index is 1.04. The van der Waals surface area contributed by atoms with Gasteiger partial charge in [-0.2, -0.15) is 13.2 Å². The lowest BCUT2D eigenvalue weighted by Crippen LogP contribution is -2.36. The van der Waals surface area contributed by atoms with Crippen LogP contribution in [0.15, 0.2) is 85.1 Å². The van der Waals surface area contributed by atoms with E-state index in [0.29, 0.717) is 37.3 Å². The summed E-state index contributed by atoms with van der Waals surface area (Å²) in [5.41, 5.74) is 2.74. The van der Waals surface area contributed by atoms with E-state index in [0.717, 1.165) is 40.8 Å². The molecule has 10 nitrogen and oxygen atoms in total. The number of nitrogens with one attached hydrogen (secondary N) is 2. The Morgan fingerprint density at radius 2 is 1.32 bits per heavy atom. The summed E-state index contributed by atoms with van der Waals surface area (Å²) < 4.78 is 53.8. The van der Waals surface area contributed by atoms with E-state index in [1.165, 1.54) is 4.90 Å². The Morgan fingerprint density at radius 1 is 0.755 bits per heavy atom. The monoisotopic (exact) mass is 726 g/mol. The van der Waals surface area contributed by atoms with Gasteiger partial charge in [-0.25, -0.2) is 19.6 Å². The molecular weight excluding hydrogens is 685 g/mol. The van der Waals surface area contributed by atoms with E-state index in [-0.39, 0.29) is 30.3 Å². The van der Waals surface area contributed by atoms with Crippen molar-refractivity contribution in [2.45, 2.75) is 76.9 Å². The molecule has 2 N–H and O–H groups in total. The summed E-state index contributed by atoms with van der Waals surface area (Å²) in [6, 6.07) is 23.3. The number of hydrogen-bond acceptors (Lipinski definition) is 6. The number of halogens is 3. The molecule has 7 rings (SSSR count). The van der Waals surface area contributed by atoms with Gasteiger partial charge in [0.25, 0.3) is 0 Å². The Morgan fingerprint density at radius 3 is 1.92 bits per heavy atom. The van der Waals surface area contributed by atoms with E-state index in [9.17, 15) is 22.8 Å². The average Bonchev–Trinajstić information content (AvgIpc) is 3.96. The van der Waals surface area contributed by atoms with Gasteiger partial charge in [0.15, 0.2) is 5.69 Å². The van der Waals surface area contributed by atoms with Gasteiger partial charge in [-0.05, 0) is 68.7 Å². The topological polar surface area (TPSA) is 116 Å². The van der Waals surface area contributed by atoms with Crippen LogP contribution in [0.25, 0.3) is 33.6 Å². The van der Waals surface area contributed by atoms with E-state index >= 15 is 0 Å². The highest BCUT2D eigenvalue weighted by molar-refractivity contribution is 5.73. The Hall–Kier alpha value is -5.59. The molecule has 0 radical (unpaired) electrons. The van der Waals surface area contributed by atoms with Crippen LogP contribution in [0.3, 0.4) is 0 Å². The lowest BCUT2D eigenvalue weighted by atomic mass is 10.0. The van der Waals surface area contributed by atoms with Crippen molar-refractivity contribution in [2.24, 2.45) is 0 Å². The van der Waals surface area contributed by atoms with Crippen LogP contribution in [0.2, 0.25) is 0 Å². The number of ether oxygens (including phenoxy) is 2. The first-order chi connectivity index (χ1) is 25.3. The molecule has 2 saturated heterocycles. The van der Waals surface area contributed by atoms with Gasteiger partial charge in [-0.15, -0.1) is 0 Å². The second-order valence-electron chi connectivity index (χ2n) is 14.4. The lowest BCUT2D eigenvalue weighted by Gasteiger charge is -2.27. The van der Waals surface area contributed by atoms with Crippen molar-refractivity contribution < 1.29 is 32.2 Å². The van der Waals surface area contributed by atoms with Crippen LogP contribution >= 0.6 is 0 Å². The molecule has 2 aliphatic heterocycles. The van der Waals surface area contributed by atoms with Gasteiger partial charge in [-0.3, -0.25) is 9.80 Å². The van der Waals surface area contributed by atoms with Crippen LogP contribution in [0.5, 0.6) is 0 Å². The fourth-order valence-corrected chi connectivity index (χ4v) is 6.95. The molecule has 0 spiro atoms. The number of alkyl halides is 3. The van der Waals surface area contributed by atoms with Crippen molar-refractivity contribution in [3.8, 4) is 33.6 Å². The molecule has 0 aliphatic carbocycles. The minimum atomic E-state index is -4.71. The van der Waals surface area contributed by atoms with Crippen molar-refractivity contribution in [3.05, 3.63) is 108 Å². The molecule has 53 heavy (non-hydrogen) atoms. The number of aromatic amines is 2. The van der Waals surface area contributed by atoms with E-state index in [4.69, 9.17) is 9.47 Å². The van der Waals surface area contributed by atoms with Crippen molar-refractivity contribution in [2.75, 3.05) is 13.1 Å². The molecule has 2 amide bonds. The van der Waals surface area contributed by atoms with Crippen molar-refractivity contribution in [1.82, 2.24) is 29.7 Å². The van der Waals surface area contributed by atoms with Crippen molar-refractivity contribution in [3.63, 3.8) is 0 Å². The highest BCUT2D eigenvalue weighted by atomic mass is 19.4. The number of benzene rings is 3. The zero-order valence-electron chi connectivity index (χ0n) is 29.7. The summed E-state index contributed by atoms with van der Waals surface area (Å²) in [5, 5.41) is 0. The number of carbonyl (C=O) groups excluding carboxylic acids is 2. The van der Waals surface area contributed by atoms with Gasteiger partial charge >= 0.3 is 18.4 Å². The maximum Gasteiger partial charge on any atom is 0.435 e. The number of hydrogen-bond donors (Lipinski definition) is 2. The van der Waals surface area contributed by atoms with Crippen molar-refractivity contribution in [1.29, 1.82) is 0 Å². The van der Waals surface area contributed by atoms with E-state index in [2.05, 4.69) is 19.9 Å². The minimum Gasteiger partial charge on any atom is -0.445 e. The number of carbonyl (C=O) groups is 2. The van der Waals surface area contributed by atoms with Crippen LogP contribution < -0.4 is 0 Å². The molecule has 0 unspecified atom stereocenters. The van der Waals surface area contributed by atoms with Gasteiger partial charge < -0.3 is 19.4 Å². The lowest BCUT2D eigenvalue weighted by molar-refractivity contribution is -0.140. The quantitative estimate of drug-likeness (QED) is 0.173. The van der Waals surface area contributed by atoms with Crippen LogP contribution in [0, 0.1) is 0 Å². The molecule has 5 aromatic rings. The highest BCUT2D eigenvalue weighted by Crippen LogP contribution is 2.40. The molecule has 2 atom stereocenters. The van der Waals surface area contributed by atoms with E-state index in [1.54, 1.807) is 56.1 Å². The number of aromatic nitrogens is 4. The zero-order valence-corrected chi connectivity index (χ0v) is 29.7. The number of imidazole rings is 2. The number of amides is 2. The van der Waals surface area contributed by atoms with Gasteiger partial charge in [0.05, 0.1) is 29.7 Å². The van der Waals surface area contributed by atoms with Gasteiger partial charge in [0.1, 0.15) is 23.9 Å². The predicted octanol–water partition coefficient (Wildman–Crippen LogP) is 9.70. The number of H-pyrrole nitrogens is 2. The van der Waals surface area contributed by atoms with Crippen LogP contribution in [-0.4, -0.2) is 60.6 Å². The Labute approximate surface area is 305 Å². The normalized spacial score (nSPS) is 17.7. The fraction of sp³-hybridized carbons (Fsp3) is 0.350. The zero-order chi connectivity index (χ0) is 37.3. The Kier molecular flexibility index (Phi) is 9.75. The summed E-state index contributed by atoms with van der Waals surface area (Å²) in [4.78, 5) is 43.8. The number of rotatable bonds is 7. The molecule has 0 bridgehead atoms. The molecule has 2 aromatic heterocycles. The van der Waals surface area contributed by atoms with Crippen LogP contribution in [-0.2, 0) is 22.3 Å². The smallest absolute Gasteiger partial charge is 0.435 e. The minimum absolute atomic E-state index is 0.0842. The summed E-state index contributed by atoms with van der Waals surface area (Å²) in [7, 11) is 0. The van der Waals surface area contributed by atoms with Gasteiger partial charge in [0.2, 0.25) is 0 Å². The van der Waals surface area contributed by atoms with Gasteiger partial charge in [0, 0.05) is 18.7 Å². The maximum atomic E-state index is 14.3. The summed E-state index contributed by atoms with van der Waals surface area (Å²) >= 11 is 0. The predicted molar refractivity (Wildman–Crippen MR) is 192 cm³/mol. The Bertz CT molecular complexity index is 2050. The maximum absolute atomic E-state index is 14.3. The van der Waals surface area contributed by atoms with E-state index in [1.807, 2.05) is 54.6 Å². The molecule has 0 saturated carbocycles. The second-order valence-corrected chi connectivity index (χ2v) is 14.4. The third-order valence-corrected chi connectivity index (χ3v) is 9.49.